The van der Waals surface area contributed by atoms with Gasteiger partial charge in [0.1, 0.15) is 19.8 Å². The minimum absolute atomic E-state index is 0.303. The molecule has 2 N–H and O–H groups in total. The Kier molecular flexibility index (Phi) is 3.64. The lowest BCUT2D eigenvalue weighted by molar-refractivity contribution is 0.0987. The number of primary amides is 1. The number of amides is 1. The number of benzene rings is 2. The molecule has 0 radical (unpaired) electrons. The predicted molar refractivity (Wildman–Crippen MR) is 76.7 cm³/mol. The zero-order valence-corrected chi connectivity index (χ0v) is 11.4. The van der Waals surface area contributed by atoms with E-state index in [1.54, 1.807) is 12.1 Å². The minimum atomic E-state index is -0.550. The molecule has 0 unspecified atom stereocenters. The van der Waals surface area contributed by atoms with Crippen molar-refractivity contribution in [3.63, 3.8) is 0 Å². The summed E-state index contributed by atoms with van der Waals surface area (Å²) >= 11 is 0. The van der Waals surface area contributed by atoms with Crippen molar-refractivity contribution in [3.05, 3.63) is 53.6 Å². The molecule has 0 bridgehead atoms. The smallest absolute Gasteiger partial charge is 0.252 e. The first kappa shape index (κ1) is 13.3. The van der Waals surface area contributed by atoms with Crippen molar-refractivity contribution in [1.29, 1.82) is 0 Å². The topological polar surface area (TPSA) is 70.8 Å². The summed E-state index contributed by atoms with van der Waals surface area (Å²) in [7, 11) is 0. The van der Waals surface area contributed by atoms with Gasteiger partial charge in [-0.05, 0) is 17.7 Å². The Morgan fingerprint density at radius 2 is 1.76 bits per heavy atom. The lowest BCUT2D eigenvalue weighted by atomic mass is 10.1. The maximum atomic E-state index is 11.4. The van der Waals surface area contributed by atoms with E-state index in [1.807, 2.05) is 30.3 Å². The Morgan fingerprint density at radius 3 is 2.48 bits per heavy atom. The number of nitrogens with two attached hydrogens (primary N) is 1. The molecule has 1 aliphatic rings. The number of fused-ring (bicyclic) bond motifs is 1. The fraction of sp³-hybridized carbons (Fsp3) is 0.188. The second-order valence-corrected chi connectivity index (χ2v) is 4.60. The van der Waals surface area contributed by atoms with Crippen molar-refractivity contribution in [1.82, 2.24) is 0 Å². The van der Waals surface area contributed by atoms with E-state index in [4.69, 9.17) is 19.9 Å². The van der Waals surface area contributed by atoms with Gasteiger partial charge < -0.3 is 19.9 Å². The Morgan fingerprint density at radius 1 is 1.05 bits per heavy atom. The molecule has 2 aromatic rings. The molecule has 3 rings (SSSR count). The lowest BCUT2D eigenvalue weighted by Gasteiger charge is -2.22. The predicted octanol–water partition coefficient (Wildman–Crippen LogP) is 2.14. The molecule has 0 spiro atoms. The van der Waals surface area contributed by atoms with E-state index in [0.29, 0.717) is 42.6 Å². The monoisotopic (exact) mass is 285 g/mol. The first-order valence-electron chi connectivity index (χ1n) is 6.65. The second kappa shape index (κ2) is 5.75. The van der Waals surface area contributed by atoms with Crippen LogP contribution in [0.2, 0.25) is 0 Å². The van der Waals surface area contributed by atoms with Crippen LogP contribution in [0.5, 0.6) is 17.2 Å². The number of ether oxygens (including phenoxy) is 3. The van der Waals surface area contributed by atoms with Gasteiger partial charge in [-0.3, -0.25) is 4.79 Å². The first-order chi connectivity index (χ1) is 10.3. The Hall–Kier alpha value is -2.69. The van der Waals surface area contributed by atoms with Gasteiger partial charge in [-0.1, -0.05) is 30.3 Å². The average molecular weight is 285 g/mol. The molecule has 0 saturated heterocycles. The first-order valence-corrected chi connectivity index (χ1v) is 6.65. The van der Waals surface area contributed by atoms with Crippen molar-refractivity contribution in [2.75, 3.05) is 13.2 Å². The maximum absolute atomic E-state index is 11.4. The van der Waals surface area contributed by atoms with E-state index in [2.05, 4.69) is 0 Å². The highest BCUT2D eigenvalue weighted by atomic mass is 16.6. The van der Waals surface area contributed by atoms with Crippen LogP contribution in [0.4, 0.5) is 0 Å². The van der Waals surface area contributed by atoms with Gasteiger partial charge in [0.15, 0.2) is 11.5 Å². The number of rotatable bonds is 4. The third-order valence-corrected chi connectivity index (χ3v) is 3.15. The van der Waals surface area contributed by atoms with Crippen molar-refractivity contribution in [2.24, 2.45) is 5.73 Å². The fourth-order valence-corrected chi connectivity index (χ4v) is 2.16. The maximum Gasteiger partial charge on any atom is 0.252 e. The molecule has 1 heterocycles. The number of hydrogen-bond donors (Lipinski definition) is 1. The highest BCUT2D eigenvalue weighted by molar-refractivity contribution is 5.97. The van der Waals surface area contributed by atoms with Crippen LogP contribution in [0.1, 0.15) is 15.9 Å². The molecule has 0 aliphatic carbocycles. The third kappa shape index (κ3) is 2.76. The summed E-state index contributed by atoms with van der Waals surface area (Å²) in [4.78, 5) is 11.4. The van der Waals surface area contributed by atoms with Crippen LogP contribution in [0, 0.1) is 0 Å². The normalized spacial score (nSPS) is 12.8. The second-order valence-electron chi connectivity index (χ2n) is 4.60. The largest absolute Gasteiger partial charge is 0.485 e. The summed E-state index contributed by atoms with van der Waals surface area (Å²) in [5.41, 5.74) is 6.68. The summed E-state index contributed by atoms with van der Waals surface area (Å²) < 4.78 is 16.8. The summed E-state index contributed by atoms with van der Waals surface area (Å²) in [6.07, 6.45) is 0. The Bertz CT molecular complexity index is 655. The Balaban J connectivity index is 1.87. The van der Waals surface area contributed by atoms with E-state index in [1.165, 1.54) is 0 Å². The molecule has 108 valence electrons. The molecule has 5 heteroatoms. The number of hydrogen-bond acceptors (Lipinski definition) is 4. The molecule has 1 amide bonds. The van der Waals surface area contributed by atoms with Gasteiger partial charge in [-0.15, -0.1) is 0 Å². The summed E-state index contributed by atoms with van der Waals surface area (Å²) in [5, 5.41) is 0. The summed E-state index contributed by atoms with van der Waals surface area (Å²) in [6.45, 7) is 1.21. The van der Waals surface area contributed by atoms with Crippen molar-refractivity contribution in [3.8, 4) is 17.2 Å². The summed E-state index contributed by atoms with van der Waals surface area (Å²) in [5.74, 6) is 0.790. The van der Waals surface area contributed by atoms with Crippen LogP contribution in [0.25, 0.3) is 0 Å². The molecule has 21 heavy (non-hydrogen) atoms. The quantitative estimate of drug-likeness (QED) is 0.934. The molecule has 2 aromatic carbocycles. The molecule has 0 aromatic heterocycles. The summed E-state index contributed by atoms with van der Waals surface area (Å²) in [6, 6.07) is 13.1. The van der Waals surface area contributed by atoms with Crippen LogP contribution in [-0.2, 0) is 6.61 Å². The van der Waals surface area contributed by atoms with Crippen LogP contribution in [0.15, 0.2) is 42.5 Å². The standard InChI is InChI=1S/C16H15NO4/c17-16(18)12-6-7-13(15-14(12)19-8-9-20-15)21-10-11-4-2-1-3-5-11/h1-7H,8-10H2,(H2,17,18). The van der Waals surface area contributed by atoms with Gasteiger partial charge in [0.2, 0.25) is 5.75 Å². The van der Waals surface area contributed by atoms with Gasteiger partial charge in [-0.25, -0.2) is 0 Å². The molecular formula is C16H15NO4. The molecular weight excluding hydrogens is 270 g/mol. The van der Waals surface area contributed by atoms with Crippen LogP contribution >= 0.6 is 0 Å². The fourth-order valence-electron chi connectivity index (χ4n) is 2.16. The van der Waals surface area contributed by atoms with Crippen molar-refractivity contribution < 1.29 is 19.0 Å². The third-order valence-electron chi connectivity index (χ3n) is 3.15. The van der Waals surface area contributed by atoms with Crippen molar-refractivity contribution in [2.45, 2.75) is 6.61 Å². The lowest BCUT2D eigenvalue weighted by Crippen LogP contribution is -2.21. The zero-order valence-electron chi connectivity index (χ0n) is 11.4. The van der Waals surface area contributed by atoms with Crippen LogP contribution < -0.4 is 19.9 Å². The van der Waals surface area contributed by atoms with E-state index in [9.17, 15) is 4.79 Å². The van der Waals surface area contributed by atoms with E-state index >= 15 is 0 Å². The molecule has 1 aliphatic heterocycles. The Labute approximate surface area is 122 Å². The van der Waals surface area contributed by atoms with Gasteiger partial charge in [0.25, 0.3) is 5.91 Å². The highest BCUT2D eigenvalue weighted by Gasteiger charge is 2.23. The van der Waals surface area contributed by atoms with Crippen LogP contribution in [-0.4, -0.2) is 19.1 Å². The molecule has 0 atom stereocenters. The SMILES string of the molecule is NC(=O)c1ccc(OCc2ccccc2)c2c1OCCO2. The molecule has 5 nitrogen and oxygen atoms in total. The van der Waals surface area contributed by atoms with Gasteiger partial charge >= 0.3 is 0 Å². The number of carbonyl (C=O) groups is 1. The van der Waals surface area contributed by atoms with Crippen LogP contribution in [0.3, 0.4) is 0 Å². The van der Waals surface area contributed by atoms with Gasteiger partial charge in [-0.2, -0.15) is 0 Å². The minimum Gasteiger partial charge on any atom is -0.485 e. The van der Waals surface area contributed by atoms with Gasteiger partial charge in [0, 0.05) is 0 Å². The van der Waals surface area contributed by atoms with E-state index in [0.717, 1.165) is 5.56 Å². The molecule has 0 saturated carbocycles. The average Bonchev–Trinajstić information content (AvgIpc) is 2.53. The zero-order chi connectivity index (χ0) is 14.7. The highest BCUT2D eigenvalue weighted by Crippen LogP contribution is 2.42. The van der Waals surface area contributed by atoms with E-state index < -0.39 is 5.91 Å². The molecule has 0 fully saturated rings. The number of carbonyl (C=O) groups excluding carboxylic acids is 1. The van der Waals surface area contributed by atoms with Crippen molar-refractivity contribution >= 4 is 5.91 Å². The van der Waals surface area contributed by atoms with Gasteiger partial charge in [0.05, 0.1) is 5.56 Å². The van der Waals surface area contributed by atoms with E-state index in [-0.39, 0.29) is 0 Å².